The molecule has 0 spiro atoms. The summed E-state index contributed by atoms with van der Waals surface area (Å²) in [6, 6.07) is 12.5. The third kappa shape index (κ3) is 6.87. The highest BCUT2D eigenvalue weighted by molar-refractivity contribution is 6.06. The zero-order chi connectivity index (χ0) is 20.5. The third-order valence-electron chi connectivity index (χ3n) is 4.12. The number of nitrogens with one attached hydrogen (secondary N) is 3. The number of anilines is 3. The molecule has 0 aliphatic rings. The fourth-order valence-corrected chi connectivity index (χ4v) is 2.85. The molecule has 0 unspecified atom stereocenters. The fourth-order valence-electron chi connectivity index (χ4n) is 2.85. The number of benzene rings is 2. The van der Waals surface area contributed by atoms with Gasteiger partial charge in [-0.05, 0) is 48.7 Å². The first-order valence-corrected chi connectivity index (χ1v) is 9.48. The van der Waals surface area contributed by atoms with E-state index < -0.39 is 0 Å². The second kappa shape index (κ2) is 10.3. The maximum Gasteiger partial charge on any atom is 0.255 e. The normalized spacial score (nSPS) is 10.2. The molecule has 0 aliphatic carbocycles. The van der Waals surface area contributed by atoms with Crippen molar-refractivity contribution in [2.75, 3.05) is 16.0 Å². The van der Waals surface area contributed by atoms with Gasteiger partial charge in [0.25, 0.3) is 5.91 Å². The largest absolute Gasteiger partial charge is 0.326 e. The third-order valence-corrected chi connectivity index (χ3v) is 4.12. The van der Waals surface area contributed by atoms with Crippen molar-refractivity contribution in [1.29, 1.82) is 0 Å². The summed E-state index contributed by atoms with van der Waals surface area (Å²) >= 11 is 0. The minimum Gasteiger partial charge on any atom is -0.326 e. The first kappa shape index (κ1) is 21.2. The molecule has 3 amide bonds. The zero-order valence-corrected chi connectivity index (χ0v) is 16.6. The number of hydrogen-bond acceptors (Lipinski definition) is 3. The summed E-state index contributed by atoms with van der Waals surface area (Å²) in [7, 11) is 0. The smallest absolute Gasteiger partial charge is 0.255 e. The average molecular weight is 381 g/mol. The van der Waals surface area contributed by atoms with E-state index in [9.17, 15) is 14.4 Å². The van der Waals surface area contributed by atoms with Gasteiger partial charge in [0.15, 0.2) is 0 Å². The average Bonchev–Trinajstić information content (AvgIpc) is 2.62. The number of carbonyl (C=O) groups excluding carboxylic acids is 3. The quantitative estimate of drug-likeness (QED) is 0.585. The zero-order valence-electron chi connectivity index (χ0n) is 16.6. The van der Waals surface area contributed by atoms with Crippen LogP contribution in [0.1, 0.15) is 56.0 Å². The number of aryl methyl sites for hydroxylation is 1. The van der Waals surface area contributed by atoms with E-state index in [1.165, 1.54) is 32.3 Å². The minimum atomic E-state index is -0.322. The van der Waals surface area contributed by atoms with Crippen LogP contribution in [0.15, 0.2) is 42.5 Å². The van der Waals surface area contributed by atoms with E-state index in [1.807, 2.05) is 24.3 Å². The Balaban J connectivity index is 2.13. The molecule has 0 heterocycles. The summed E-state index contributed by atoms with van der Waals surface area (Å²) in [4.78, 5) is 35.3. The monoisotopic (exact) mass is 381 g/mol. The van der Waals surface area contributed by atoms with Gasteiger partial charge in [-0.15, -0.1) is 0 Å². The Morgan fingerprint density at radius 3 is 1.82 bits per heavy atom. The summed E-state index contributed by atoms with van der Waals surface area (Å²) in [5.41, 5.74) is 3.15. The predicted octanol–water partition coefficient (Wildman–Crippen LogP) is 4.59. The molecule has 6 heteroatoms. The van der Waals surface area contributed by atoms with Gasteiger partial charge in [0.2, 0.25) is 11.8 Å². The van der Waals surface area contributed by atoms with Crippen molar-refractivity contribution < 1.29 is 14.4 Å². The maximum absolute atomic E-state index is 12.6. The van der Waals surface area contributed by atoms with Gasteiger partial charge in [-0.2, -0.15) is 0 Å². The second-order valence-electron chi connectivity index (χ2n) is 6.77. The Morgan fingerprint density at radius 2 is 1.32 bits per heavy atom. The number of carbonyl (C=O) groups is 3. The van der Waals surface area contributed by atoms with E-state index in [-0.39, 0.29) is 17.7 Å². The van der Waals surface area contributed by atoms with Gasteiger partial charge >= 0.3 is 0 Å². The highest BCUT2D eigenvalue weighted by atomic mass is 16.2. The lowest BCUT2D eigenvalue weighted by molar-refractivity contribution is -0.115. The molecule has 28 heavy (non-hydrogen) atoms. The molecule has 0 radical (unpaired) electrons. The van der Waals surface area contributed by atoms with Crippen LogP contribution in [0.5, 0.6) is 0 Å². The Bertz CT molecular complexity index is 810. The van der Waals surface area contributed by atoms with Crippen LogP contribution >= 0.6 is 0 Å². The molecular weight excluding hydrogens is 354 g/mol. The molecule has 0 aliphatic heterocycles. The number of unbranched alkanes of at least 4 members (excludes halogenated alkanes) is 2. The van der Waals surface area contributed by atoms with Crippen molar-refractivity contribution in [3.63, 3.8) is 0 Å². The molecule has 148 valence electrons. The molecule has 2 aromatic carbocycles. The summed E-state index contributed by atoms with van der Waals surface area (Å²) in [6.45, 7) is 4.94. The van der Waals surface area contributed by atoms with Crippen LogP contribution in [0.2, 0.25) is 0 Å². The molecule has 2 aromatic rings. The van der Waals surface area contributed by atoms with Gasteiger partial charge < -0.3 is 16.0 Å². The van der Waals surface area contributed by atoms with E-state index in [4.69, 9.17) is 0 Å². The van der Waals surface area contributed by atoms with E-state index in [0.717, 1.165) is 12.8 Å². The molecular formula is C22H27N3O3. The highest BCUT2D eigenvalue weighted by Crippen LogP contribution is 2.21. The van der Waals surface area contributed by atoms with Gasteiger partial charge in [-0.3, -0.25) is 14.4 Å². The molecule has 0 bridgehead atoms. The van der Waals surface area contributed by atoms with Crippen molar-refractivity contribution in [3.05, 3.63) is 53.6 Å². The van der Waals surface area contributed by atoms with Crippen molar-refractivity contribution in [2.45, 2.75) is 46.5 Å². The second-order valence-corrected chi connectivity index (χ2v) is 6.77. The van der Waals surface area contributed by atoms with Gasteiger partial charge in [-0.25, -0.2) is 0 Å². The summed E-state index contributed by atoms with van der Waals surface area (Å²) in [5.74, 6) is -0.840. The Morgan fingerprint density at radius 1 is 0.750 bits per heavy atom. The van der Waals surface area contributed by atoms with Crippen LogP contribution in [0.4, 0.5) is 17.1 Å². The number of hydrogen-bond donors (Lipinski definition) is 3. The van der Waals surface area contributed by atoms with Gasteiger partial charge in [0, 0.05) is 36.5 Å². The molecule has 0 atom stereocenters. The Kier molecular flexibility index (Phi) is 7.75. The van der Waals surface area contributed by atoms with E-state index in [0.29, 0.717) is 22.6 Å². The molecule has 0 aromatic heterocycles. The predicted molar refractivity (Wildman–Crippen MR) is 113 cm³/mol. The lowest BCUT2D eigenvalue weighted by Gasteiger charge is -2.11. The summed E-state index contributed by atoms with van der Waals surface area (Å²) < 4.78 is 0. The van der Waals surface area contributed by atoms with Crippen LogP contribution in [0.3, 0.4) is 0 Å². The number of rotatable bonds is 8. The number of amides is 3. The fraction of sp³-hybridized carbons (Fsp3) is 0.318. The van der Waals surface area contributed by atoms with Gasteiger partial charge in [-0.1, -0.05) is 31.9 Å². The Hall–Kier alpha value is -3.15. The SMILES string of the molecule is CCCCCc1ccc(NC(=O)c2cc(NC(C)=O)cc(NC(C)=O)c2)cc1. The molecule has 6 nitrogen and oxygen atoms in total. The van der Waals surface area contributed by atoms with Crippen molar-refractivity contribution in [2.24, 2.45) is 0 Å². The molecule has 0 fully saturated rings. The highest BCUT2D eigenvalue weighted by Gasteiger charge is 2.11. The van der Waals surface area contributed by atoms with Gasteiger partial charge in [0.1, 0.15) is 0 Å². The Labute approximate surface area is 165 Å². The van der Waals surface area contributed by atoms with Crippen LogP contribution in [-0.4, -0.2) is 17.7 Å². The van der Waals surface area contributed by atoms with Crippen LogP contribution in [0, 0.1) is 0 Å². The topological polar surface area (TPSA) is 87.3 Å². The molecule has 0 saturated carbocycles. The molecule has 0 saturated heterocycles. The lowest BCUT2D eigenvalue weighted by Crippen LogP contribution is -2.15. The molecule has 2 rings (SSSR count). The summed E-state index contributed by atoms with van der Waals surface area (Å²) in [5, 5.41) is 8.13. The first-order valence-electron chi connectivity index (χ1n) is 9.48. The minimum absolute atomic E-state index is 0.259. The van der Waals surface area contributed by atoms with Crippen LogP contribution < -0.4 is 16.0 Å². The van der Waals surface area contributed by atoms with Crippen molar-refractivity contribution in [1.82, 2.24) is 0 Å². The standard InChI is InChI=1S/C22H27N3O3/c1-4-5-6-7-17-8-10-19(11-9-17)25-22(28)18-12-20(23-15(2)26)14-21(13-18)24-16(3)27/h8-14H,4-7H2,1-3H3,(H,23,26)(H,24,27)(H,25,28). The van der Waals surface area contributed by atoms with Crippen LogP contribution in [-0.2, 0) is 16.0 Å². The molecule has 3 N–H and O–H groups in total. The van der Waals surface area contributed by atoms with Gasteiger partial charge in [0.05, 0.1) is 0 Å². The van der Waals surface area contributed by atoms with Crippen molar-refractivity contribution >= 4 is 34.8 Å². The van der Waals surface area contributed by atoms with E-state index in [1.54, 1.807) is 18.2 Å². The van der Waals surface area contributed by atoms with E-state index in [2.05, 4.69) is 22.9 Å². The van der Waals surface area contributed by atoms with E-state index >= 15 is 0 Å². The maximum atomic E-state index is 12.6. The lowest BCUT2D eigenvalue weighted by atomic mass is 10.1. The summed E-state index contributed by atoms with van der Waals surface area (Å²) in [6.07, 6.45) is 4.58. The van der Waals surface area contributed by atoms with Crippen molar-refractivity contribution in [3.8, 4) is 0 Å². The first-order chi connectivity index (χ1) is 13.4. The van der Waals surface area contributed by atoms with Crippen LogP contribution in [0.25, 0.3) is 0 Å².